The van der Waals surface area contributed by atoms with E-state index in [-0.39, 0.29) is 5.91 Å². The lowest BCUT2D eigenvalue weighted by atomic mass is 10.0. The molecule has 6 heteroatoms. The van der Waals surface area contributed by atoms with Gasteiger partial charge in [-0.2, -0.15) is 5.10 Å². The van der Waals surface area contributed by atoms with Crippen molar-refractivity contribution >= 4 is 34.0 Å². The topological polar surface area (TPSA) is 67.8 Å². The molecule has 0 saturated carbocycles. The number of unbranched alkanes of at least 4 members (excludes halogenated alkanes) is 14. The van der Waals surface area contributed by atoms with E-state index < -0.39 is 5.97 Å². The summed E-state index contributed by atoms with van der Waals surface area (Å²) in [5.74, 6) is -0.164. The Balaban J connectivity index is 1.57. The number of amides is 1. The monoisotopic (exact) mass is 598 g/mol. The largest absolute Gasteiger partial charge is 0.422 e. The second kappa shape index (κ2) is 20.4. The molecule has 0 spiro atoms. The summed E-state index contributed by atoms with van der Waals surface area (Å²) >= 11 is 3.43. The van der Waals surface area contributed by atoms with Crippen LogP contribution in [0, 0.1) is 6.92 Å². The molecule has 1 amide bonds. The Hall–Kier alpha value is -2.47. The molecule has 2 rings (SSSR count). The fraction of sp³-hybridized carbons (Fsp3) is 0.545. The van der Waals surface area contributed by atoms with Gasteiger partial charge < -0.3 is 4.74 Å². The Labute approximate surface area is 244 Å². The Morgan fingerprint density at radius 3 is 1.90 bits per heavy atom. The molecular formula is C33H47BrN2O3. The van der Waals surface area contributed by atoms with Gasteiger partial charge in [-0.1, -0.05) is 130 Å². The highest BCUT2D eigenvalue weighted by atomic mass is 79.9. The van der Waals surface area contributed by atoms with Gasteiger partial charge in [0.25, 0.3) is 0 Å². The van der Waals surface area contributed by atoms with Crippen molar-refractivity contribution in [1.29, 1.82) is 0 Å². The van der Waals surface area contributed by atoms with E-state index in [1.807, 2.05) is 19.1 Å². The van der Waals surface area contributed by atoms with Crippen LogP contribution in [0.5, 0.6) is 5.75 Å². The smallest absolute Gasteiger partial charge is 0.343 e. The van der Waals surface area contributed by atoms with E-state index in [9.17, 15) is 9.59 Å². The minimum atomic E-state index is -0.441. The van der Waals surface area contributed by atoms with Gasteiger partial charge in [-0.25, -0.2) is 10.2 Å². The van der Waals surface area contributed by atoms with Gasteiger partial charge in [0.05, 0.1) is 11.8 Å². The molecule has 0 heterocycles. The van der Waals surface area contributed by atoms with Gasteiger partial charge in [0.1, 0.15) is 5.75 Å². The molecule has 0 aliphatic rings. The van der Waals surface area contributed by atoms with Crippen molar-refractivity contribution in [3.63, 3.8) is 0 Å². The Bertz CT molecular complexity index is 1000. The van der Waals surface area contributed by atoms with Gasteiger partial charge >= 0.3 is 5.97 Å². The molecule has 0 aliphatic heterocycles. The normalized spacial score (nSPS) is 11.2. The second-order valence-corrected chi connectivity index (χ2v) is 11.3. The second-order valence-electron chi connectivity index (χ2n) is 10.4. The first kappa shape index (κ1) is 32.7. The number of halogens is 1. The highest BCUT2D eigenvalue weighted by Gasteiger charge is 2.11. The van der Waals surface area contributed by atoms with Crippen LogP contribution in [-0.2, 0) is 4.79 Å². The van der Waals surface area contributed by atoms with Gasteiger partial charge in [0.15, 0.2) is 0 Å². The number of hydrazone groups is 1. The van der Waals surface area contributed by atoms with Crippen LogP contribution in [0.15, 0.2) is 52.0 Å². The minimum Gasteiger partial charge on any atom is -0.422 e. The van der Waals surface area contributed by atoms with Crippen molar-refractivity contribution in [3.05, 3.63) is 63.6 Å². The molecular weight excluding hydrogens is 552 g/mol. The lowest BCUT2D eigenvalue weighted by Crippen LogP contribution is -2.17. The summed E-state index contributed by atoms with van der Waals surface area (Å²) in [5.41, 5.74) is 4.74. The third-order valence-electron chi connectivity index (χ3n) is 6.86. The van der Waals surface area contributed by atoms with Crippen molar-refractivity contribution in [2.75, 3.05) is 0 Å². The maximum atomic E-state index is 12.5. The Kier molecular flexibility index (Phi) is 17.2. The molecule has 1 N–H and O–H groups in total. The fourth-order valence-electron chi connectivity index (χ4n) is 4.45. The van der Waals surface area contributed by atoms with Crippen molar-refractivity contribution < 1.29 is 14.3 Å². The van der Waals surface area contributed by atoms with Crippen molar-refractivity contribution in [3.8, 4) is 5.75 Å². The Morgan fingerprint density at radius 2 is 1.33 bits per heavy atom. The number of nitrogens with one attached hydrogen (secondary N) is 1. The van der Waals surface area contributed by atoms with Crippen molar-refractivity contribution in [2.24, 2.45) is 5.10 Å². The predicted octanol–water partition coefficient (Wildman–Crippen LogP) is 9.69. The van der Waals surface area contributed by atoms with E-state index in [4.69, 9.17) is 4.74 Å². The first-order valence-corrected chi connectivity index (χ1v) is 15.7. The molecule has 0 atom stereocenters. The van der Waals surface area contributed by atoms with Crippen molar-refractivity contribution in [2.45, 2.75) is 117 Å². The highest BCUT2D eigenvalue weighted by molar-refractivity contribution is 9.10. The van der Waals surface area contributed by atoms with E-state index in [0.29, 0.717) is 23.3 Å². The van der Waals surface area contributed by atoms with Crippen molar-refractivity contribution in [1.82, 2.24) is 5.43 Å². The number of aryl methyl sites for hydroxylation is 1. The third kappa shape index (κ3) is 15.0. The average Bonchev–Trinajstić information content (AvgIpc) is 2.92. The number of carbonyl (C=O) groups excluding carboxylic acids is 2. The van der Waals surface area contributed by atoms with Gasteiger partial charge in [0, 0.05) is 16.5 Å². The molecule has 0 bridgehead atoms. The van der Waals surface area contributed by atoms with E-state index in [2.05, 4.69) is 33.4 Å². The summed E-state index contributed by atoms with van der Waals surface area (Å²) in [7, 11) is 0. The third-order valence-corrected chi connectivity index (χ3v) is 7.36. The quantitative estimate of drug-likeness (QED) is 0.0542. The number of ether oxygens (including phenoxy) is 1. The molecule has 39 heavy (non-hydrogen) atoms. The van der Waals surface area contributed by atoms with Crippen LogP contribution >= 0.6 is 15.9 Å². The first-order chi connectivity index (χ1) is 19.0. The molecule has 0 aliphatic carbocycles. The van der Waals surface area contributed by atoms with Gasteiger partial charge in [-0.15, -0.1) is 0 Å². The highest BCUT2D eigenvalue weighted by Crippen LogP contribution is 2.23. The summed E-state index contributed by atoms with van der Waals surface area (Å²) in [6, 6.07) is 12.5. The molecule has 5 nitrogen and oxygen atoms in total. The number of hydrogen-bond donors (Lipinski definition) is 1. The van der Waals surface area contributed by atoms with Crippen LogP contribution in [0.1, 0.15) is 131 Å². The maximum Gasteiger partial charge on any atom is 0.343 e. The predicted molar refractivity (Wildman–Crippen MR) is 166 cm³/mol. The number of carbonyl (C=O) groups is 2. The SMILES string of the molecule is CCCCCCCCCCCCCCCCCC(=O)N/N=C/c1cc(Br)ccc1OC(=O)c1ccc(C)cc1. The standard InChI is InChI=1S/C33H47BrN2O3/c1-3-4-5-6-7-8-9-10-11-12-13-14-15-16-17-18-32(37)36-35-26-29-25-30(34)23-24-31(29)39-33(38)28-21-19-27(2)20-22-28/h19-26H,3-18H2,1-2H3,(H,36,37)/b35-26+. The fourth-order valence-corrected chi connectivity index (χ4v) is 4.83. The molecule has 0 aromatic heterocycles. The van der Waals surface area contributed by atoms with Gasteiger partial charge in [-0.05, 0) is 43.7 Å². The molecule has 0 fully saturated rings. The maximum absolute atomic E-state index is 12.5. The summed E-state index contributed by atoms with van der Waals surface area (Å²) in [6.45, 7) is 4.23. The number of esters is 1. The molecule has 0 saturated heterocycles. The molecule has 2 aromatic rings. The first-order valence-electron chi connectivity index (χ1n) is 14.9. The zero-order valence-corrected chi connectivity index (χ0v) is 25.6. The molecule has 214 valence electrons. The summed E-state index contributed by atoms with van der Waals surface area (Å²) < 4.78 is 6.40. The van der Waals surface area contributed by atoms with Crippen LogP contribution in [-0.4, -0.2) is 18.1 Å². The molecule has 0 radical (unpaired) electrons. The van der Waals surface area contributed by atoms with E-state index in [1.54, 1.807) is 30.3 Å². The summed E-state index contributed by atoms with van der Waals surface area (Å²) in [4.78, 5) is 24.7. The zero-order valence-electron chi connectivity index (χ0n) is 24.0. The van der Waals surface area contributed by atoms with E-state index in [1.165, 1.54) is 89.7 Å². The zero-order chi connectivity index (χ0) is 28.1. The summed E-state index contributed by atoms with van der Waals surface area (Å²) in [5, 5.41) is 4.09. The molecule has 2 aromatic carbocycles. The van der Waals surface area contributed by atoms with E-state index >= 15 is 0 Å². The van der Waals surface area contributed by atoms with Crippen LogP contribution in [0.4, 0.5) is 0 Å². The number of rotatable bonds is 20. The van der Waals surface area contributed by atoms with Crippen LogP contribution in [0.2, 0.25) is 0 Å². The van der Waals surface area contributed by atoms with Crippen LogP contribution in [0.25, 0.3) is 0 Å². The Morgan fingerprint density at radius 1 is 0.795 bits per heavy atom. The lowest BCUT2D eigenvalue weighted by molar-refractivity contribution is -0.121. The molecule has 0 unspecified atom stereocenters. The van der Waals surface area contributed by atoms with Gasteiger partial charge in [0.2, 0.25) is 5.91 Å². The minimum absolute atomic E-state index is 0.103. The van der Waals surface area contributed by atoms with Crippen LogP contribution < -0.4 is 10.2 Å². The number of nitrogens with zero attached hydrogens (tertiary/aromatic N) is 1. The van der Waals surface area contributed by atoms with E-state index in [0.717, 1.165) is 22.9 Å². The number of hydrogen-bond acceptors (Lipinski definition) is 4. The van der Waals surface area contributed by atoms with Crippen LogP contribution in [0.3, 0.4) is 0 Å². The number of benzene rings is 2. The average molecular weight is 600 g/mol. The summed E-state index contributed by atoms with van der Waals surface area (Å²) in [6.07, 6.45) is 21.5. The lowest BCUT2D eigenvalue weighted by Gasteiger charge is -2.08. The van der Waals surface area contributed by atoms with Gasteiger partial charge in [-0.3, -0.25) is 4.79 Å².